The Balaban J connectivity index is 1.75. The Labute approximate surface area is 124 Å². The molecule has 20 heavy (non-hydrogen) atoms. The minimum Gasteiger partial charge on any atom is -0.389 e. The molecule has 0 N–H and O–H groups in total. The summed E-state index contributed by atoms with van der Waals surface area (Å²) in [4.78, 5) is 0. The average Bonchev–Trinajstić information content (AvgIpc) is 3.07. The normalized spacial score (nSPS) is 17.2. The van der Waals surface area contributed by atoms with Crippen LogP contribution in [-0.2, 0) is 23.6 Å². The average molecular weight is 283 g/mol. The van der Waals surface area contributed by atoms with E-state index in [4.69, 9.17) is 16.2 Å². The summed E-state index contributed by atoms with van der Waals surface area (Å²) in [5.74, 6) is 1.43. The Morgan fingerprint density at radius 1 is 0.850 bits per heavy atom. The van der Waals surface area contributed by atoms with Crippen molar-refractivity contribution in [3.05, 3.63) is 76.5 Å². The third-order valence-electron chi connectivity index (χ3n) is 4.51. The van der Waals surface area contributed by atoms with E-state index in [2.05, 4.69) is 48.5 Å². The van der Waals surface area contributed by atoms with Crippen molar-refractivity contribution in [1.82, 2.24) is 0 Å². The van der Waals surface area contributed by atoms with Crippen LogP contribution in [0.15, 0.2) is 54.3 Å². The zero-order valence-corrected chi connectivity index (χ0v) is 11.9. The second-order valence-electron chi connectivity index (χ2n) is 5.62. The summed E-state index contributed by atoms with van der Waals surface area (Å²) in [6.45, 7) is 0. The van der Waals surface area contributed by atoms with Gasteiger partial charge in [0.05, 0.1) is 0 Å². The van der Waals surface area contributed by atoms with Gasteiger partial charge in [-0.2, -0.15) is 0 Å². The van der Waals surface area contributed by atoms with E-state index in [-0.39, 0.29) is 0 Å². The van der Waals surface area contributed by atoms with E-state index in [9.17, 15) is 0 Å². The van der Waals surface area contributed by atoms with E-state index in [0.29, 0.717) is 5.92 Å². The molecule has 2 heteroatoms. The first-order chi connectivity index (χ1) is 9.86. The first kappa shape index (κ1) is 12.0. The lowest BCUT2D eigenvalue weighted by atomic mass is 9.91. The summed E-state index contributed by atoms with van der Waals surface area (Å²) in [6, 6.07) is 17.2. The van der Waals surface area contributed by atoms with Gasteiger partial charge < -0.3 is 4.29 Å². The molecule has 0 aliphatic heterocycles. The molecule has 0 spiro atoms. The third kappa shape index (κ3) is 1.77. The zero-order chi connectivity index (χ0) is 13.5. The molecule has 0 bridgehead atoms. The second kappa shape index (κ2) is 4.68. The maximum absolute atomic E-state index is 5.72. The minimum absolute atomic E-state index is 0.491. The van der Waals surface area contributed by atoms with Crippen molar-refractivity contribution >= 4 is 17.4 Å². The van der Waals surface area contributed by atoms with E-state index >= 15 is 0 Å². The van der Waals surface area contributed by atoms with Crippen molar-refractivity contribution in [1.29, 1.82) is 0 Å². The predicted molar refractivity (Wildman–Crippen MR) is 81.3 cm³/mol. The lowest BCUT2D eigenvalue weighted by Crippen LogP contribution is -2.04. The molecule has 0 aromatic heterocycles. The molecule has 2 aliphatic carbocycles. The minimum atomic E-state index is 0.491. The number of hydrogen-bond donors (Lipinski definition) is 0. The summed E-state index contributed by atoms with van der Waals surface area (Å²) in [7, 11) is 0. The van der Waals surface area contributed by atoms with Gasteiger partial charge >= 0.3 is 0 Å². The maximum atomic E-state index is 5.72. The molecule has 4 rings (SSSR count). The van der Waals surface area contributed by atoms with Crippen molar-refractivity contribution in [3.8, 4) is 0 Å². The first-order valence-corrected chi connectivity index (χ1v) is 7.34. The van der Waals surface area contributed by atoms with Crippen molar-refractivity contribution in [2.24, 2.45) is 5.92 Å². The molecule has 1 nitrogen and oxygen atoms in total. The largest absolute Gasteiger partial charge is 0.389 e. The van der Waals surface area contributed by atoms with Gasteiger partial charge in [0.2, 0.25) is 0 Å². The fraction of sp³-hybridized carbons (Fsp3) is 0.222. The van der Waals surface area contributed by atoms with Crippen molar-refractivity contribution in [2.45, 2.75) is 19.3 Å². The van der Waals surface area contributed by atoms with Gasteiger partial charge in [0.15, 0.2) is 0 Å². The number of rotatable bonds is 2. The van der Waals surface area contributed by atoms with E-state index < -0.39 is 0 Å². The van der Waals surface area contributed by atoms with Gasteiger partial charge in [0, 0.05) is 12.0 Å². The number of benzene rings is 2. The third-order valence-corrected chi connectivity index (χ3v) is 4.70. The Morgan fingerprint density at radius 2 is 1.45 bits per heavy atom. The lowest BCUT2D eigenvalue weighted by Gasteiger charge is -2.14. The van der Waals surface area contributed by atoms with Crippen LogP contribution >= 0.6 is 11.9 Å². The molecule has 0 saturated carbocycles. The Hall–Kier alpha value is -1.73. The molecule has 0 saturated heterocycles. The van der Waals surface area contributed by atoms with Crippen molar-refractivity contribution in [2.75, 3.05) is 0 Å². The molecule has 0 atom stereocenters. The van der Waals surface area contributed by atoms with Crippen LogP contribution in [0.5, 0.6) is 0 Å². The van der Waals surface area contributed by atoms with E-state index in [1.54, 1.807) is 0 Å². The number of halogens is 1. The molecule has 0 amide bonds. The van der Waals surface area contributed by atoms with Crippen LogP contribution in [-0.4, -0.2) is 0 Å². The van der Waals surface area contributed by atoms with Crippen LogP contribution in [0.25, 0.3) is 5.57 Å². The summed E-state index contributed by atoms with van der Waals surface area (Å²) in [6.07, 6.45) is 3.00. The summed E-state index contributed by atoms with van der Waals surface area (Å²) in [5.41, 5.74) is 6.88. The molecular formula is C18H15ClO. The fourth-order valence-electron chi connectivity index (χ4n) is 3.64. The van der Waals surface area contributed by atoms with Crippen molar-refractivity contribution < 1.29 is 4.29 Å². The predicted octanol–water partition coefficient (Wildman–Crippen LogP) is 4.54. The van der Waals surface area contributed by atoms with Gasteiger partial charge in [-0.15, -0.1) is 0 Å². The Morgan fingerprint density at radius 3 is 2.10 bits per heavy atom. The molecule has 0 unspecified atom stereocenters. The molecule has 0 radical (unpaired) electrons. The van der Waals surface area contributed by atoms with Crippen LogP contribution in [0.2, 0.25) is 0 Å². The number of hydrogen-bond acceptors (Lipinski definition) is 1. The molecule has 0 heterocycles. The number of fused-ring (bicyclic) bond motifs is 2. The van der Waals surface area contributed by atoms with Gasteiger partial charge in [0.1, 0.15) is 17.6 Å². The zero-order valence-electron chi connectivity index (χ0n) is 11.1. The molecule has 2 aromatic rings. The first-order valence-electron chi connectivity index (χ1n) is 7.03. The summed E-state index contributed by atoms with van der Waals surface area (Å²) in [5, 5.41) is 0. The highest BCUT2D eigenvalue weighted by atomic mass is 35.5. The van der Waals surface area contributed by atoms with Crippen LogP contribution in [0, 0.1) is 5.92 Å². The Kier molecular flexibility index (Phi) is 2.82. The molecule has 100 valence electrons. The van der Waals surface area contributed by atoms with Crippen LogP contribution < -0.4 is 0 Å². The highest BCUT2D eigenvalue weighted by Gasteiger charge is 2.32. The van der Waals surface area contributed by atoms with Crippen LogP contribution in [0.3, 0.4) is 0 Å². The van der Waals surface area contributed by atoms with Crippen LogP contribution in [0.4, 0.5) is 0 Å². The van der Waals surface area contributed by atoms with Gasteiger partial charge in [-0.3, -0.25) is 0 Å². The highest BCUT2D eigenvalue weighted by molar-refractivity contribution is 6.08. The number of allylic oxidation sites excluding steroid dienone is 2. The summed E-state index contributed by atoms with van der Waals surface area (Å²) < 4.78 is 5.17. The van der Waals surface area contributed by atoms with Gasteiger partial charge in [-0.25, -0.2) is 0 Å². The van der Waals surface area contributed by atoms with Gasteiger partial charge in [-0.1, -0.05) is 48.5 Å². The van der Waals surface area contributed by atoms with E-state index in [0.717, 1.165) is 25.0 Å². The SMILES string of the molecule is ClOC1=C(C2Cc3ccccc3C2)c2ccccc2C1. The molecule has 2 aliphatic rings. The highest BCUT2D eigenvalue weighted by Crippen LogP contribution is 2.43. The molecule has 0 fully saturated rings. The van der Waals surface area contributed by atoms with Crippen LogP contribution in [0.1, 0.15) is 22.3 Å². The maximum Gasteiger partial charge on any atom is 0.134 e. The van der Waals surface area contributed by atoms with E-state index in [1.807, 2.05) is 0 Å². The smallest absolute Gasteiger partial charge is 0.134 e. The quantitative estimate of drug-likeness (QED) is 0.786. The molecular weight excluding hydrogens is 268 g/mol. The van der Waals surface area contributed by atoms with Gasteiger partial charge in [0.25, 0.3) is 0 Å². The van der Waals surface area contributed by atoms with E-state index in [1.165, 1.54) is 27.8 Å². The second-order valence-corrected chi connectivity index (χ2v) is 5.78. The standard InChI is InChI=1S/C18H15ClO/c19-20-17-11-14-7-3-4-8-16(14)18(17)15-9-12-5-1-2-6-13(12)10-15/h1-8,15H,9-11H2. The fourth-order valence-corrected chi connectivity index (χ4v) is 3.77. The monoisotopic (exact) mass is 282 g/mol. The summed E-state index contributed by atoms with van der Waals surface area (Å²) >= 11 is 5.72. The van der Waals surface area contributed by atoms with Gasteiger partial charge in [-0.05, 0) is 41.0 Å². The topological polar surface area (TPSA) is 9.23 Å². The Bertz CT molecular complexity index is 677. The van der Waals surface area contributed by atoms with Crippen molar-refractivity contribution in [3.63, 3.8) is 0 Å². The lowest BCUT2D eigenvalue weighted by molar-refractivity contribution is 0.459. The molecule has 2 aromatic carbocycles.